The molecule has 2 aromatic rings. The molecule has 0 saturated carbocycles. The Kier molecular flexibility index (Phi) is 7.42. The number of hydrogen-bond donors (Lipinski definition) is 1. The Morgan fingerprint density at radius 1 is 1.27 bits per heavy atom. The van der Waals surface area contributed by atoms with Gasteiger partial charge in [-0.05, 0) is 60.7 Å². The second-order valence-corrected chi connectivity index (χ2v) is 8.05. The third-order valence-corrected chi connectivity index (χ3v) is 5.68. The molecule has 140 valence electrons. The molecule has 0 unspecified atom stereocenters. The SMILES string of the molecule is CCCC(=O)Nc1cc(C)c(Sc2ccc(OC)c(C(C)C)c2)c(Cl)c1. The average Bonchev–Trinajstić information content (AvgIpc) is 2.58. The number of hydrogen-bond acceptors (Lipinski definition) is 3. The second kappa shape index (κ2) is 9.33. The maximum atomic E-state index is 11.8. The van der Waals surface area contributed by atoms with Crippen LogP contribution in [0.2, 0.25) is 5.02 Å². The fourth-order valence-electron chi connectivity index (χ4n) is 2.73. The van der Waals surface area contributed by atoms with Crippen LogP contribution < -0.4 is 10.1 Å². The smallest absolute Gasteiger partial charge is 0.224 e. The summed E-state index contributed by atoms with van der Waals surface area (Å²) in [7, 11) is 1.70. The van der Waals surface area contributed by atoms with Crippen molar-refractivity contribution in [3.63, 3.8) is 0 Å². The van der Waals surface area contributed by atoms with E-state index in [2.05, 4.69) is 25.2 Å². The number of carbonyl (C=O) groups excluding carboxylic acids is 1. The zero-order valence-electron chi connectivity index (χ0n) is 16.0. The molecule has 5 heteroatoms. The van der Waals surface area contributed by atoms with Crippen LogP contribution in [0.3, 0.4) is 0 Å². The van der Waals surface area contributed by atoms with Crippen molar-refractivity contribution in [2.24, 2.45) is 0 Å². The van der Waals surface area contributed by atoms with Crippen molar-refractivity contribution >= 4 is 35.0 Å². The first kappa shape index (κ1) is 20.7. The highest BCUT2D eigenvalue weighted by molar-refractivity contribution is 7.99. The minimum atomic E-state index is 0.0140. The van der Waals surface area contributed by atoms with Crippen LogP contribution in [-0.4, -0.2) is 13.0 Å². The lowest BCUT2D eigenvalue weighted by molar-refractivity contribution is -0.116. The van der Waals surface area contributed by atoms with Gasteiger partial charge in [-0.15, -0.1) is 0 Å². The van der Waals surface area contributed by atoms with Crippen LogP contribution in [0.5, 0.6) is 5.75 Å². The van der Waals surface area contributed by atoms with Gasteiger partial charge in [0.2, 0.25) is 5.91 Å². The number of aryl methyl sites for hydroxylation is 1. The van der Waals surface area contributed by atoms with Gasteiger partial charge in [-0.3, -0.25) is 4.79 Å². The molecule has 0 aromatic heterocycles. The summed E-state index contributed by atoms with van der Waals surface area (Å²) in [4.78, 5) is 13.9. The Balaban J connectivity index is 2.27. The molecule has 0 aliphatic heterocycles. The molecule has 0 spiro atoms. The van der Waals surface area contributed by atoms with Crippen molar-refractivity contribution in [1.82, 2.24) is 0 Å². The second-order valence-electron chi connectivity index (χ2n) is 6.56. The average molecular weight is 392 g/mol. The van der Waals surface area contributed by atoms with Crippen LogP contribution in [0.15, 0.2) is 40.1 Å². The van der Waals surface area contributed by atoms with Gasteiger partial charge in [0.1, 0.15) is 5.75 Å². The van der Waals surface area contributed by atoms with Crippen molar-refractivity contribution in [1.29, 1.82) is 0 Å². The number of ether oxygens (including phenoxy) is 1. The molecule has 0 fully saturated rings. The summed E-state index contributed by atoms with van der Waals surface area (Å²) in [5.74, 6) is 1.29. The summed E-state index contributed by atoms with van der Waals surface area (Å²) in [6, 6.07) is 9.98. The van der Waals surface area contributed by atoms with Crippen LogP contribution in [0.1, 0.15) is 50.7 Å². The molecule has 0 radical (unpaired) electrons. The molecule has 2 rings (SSSR count). The molecule has 1 amide bonds. The third kappa shape index (κ3) is 5.18. The largest absolute Gasteiger partial charge is 0.496 e. The Labute approximate surface area is 165 Å². The standard InChI is InChI=1S/C21H26ClNO2S/c1-6-7-20(24)23-15-10-14(4)21(18(22)11-15)26-16-8-9-19(25-5)17(12-16)13(2)3/h8-13H,6-7H2,1-5H3,(H,23,24). The summed E-state index contributed by atoms with van der Waals surface area (Å²) in [5.41, 5.74) is 2.96. The van der Waals surface area contributed by atoms with E-state index in [1.807, 2.05) is 38.1 Å². The number of rotatable bonds is 7. The minimum Gasteiger partial charge on any atom is -0.496 e. The van der Waals surface area contributed by atoms with Crippen LogP contribution >= 0.6 is 23.4 Å². The maximum absolute atomic E-state index is 11.8. The summed E-state index contributed by atoms with van der Waals surface area (Å²) < 4.78 is 5.46. The Morgan fingerprint density at radius 2 is 2.00 bits per heavy atom. The fourth-order valence-corrected chi connectivity index (χ4v) is 4.04. The normalized spacial score (nSPS) is 10.9. The highest BCUT2D eigenvalue weighted by Gasteiger charge is 2.13. The predicted molar refractivity (Wildman–Crippen MR) is 111 cm³/mol. The van der Waals surface area contributed by atoms with Crippen LogP contribution in [0.25, 0.3) is 0 Å². The molecule has 3 nitrogen and oxygen atoms in total. The summed E-state index contributed by atoms with van der Waals surface area (Å²) >= 11 is 8.14. The number of nitrogens with one attached hydrogen (secondary N) is 1. The number of benzene rings is 2. The predicted octanol–water partition coefficient (Wildman–Crippen LogP) is 6.67. The molecule has 0 atom stereocenters. The first-order valence-corrected chi connectivity index (χ1v) is 10.0. The van der Waals surface area contributed by atoms with Crippen molar-refractivity contribution in [3.8, 4) is 5.75 Å². The molecule has 26 heavy (non-hydrogen) atoms. The van der Waals surface area contributed by atoms with E-state index in [-0.39, 0.29) is 5.91 Å². The lowest BCUT2D eigenvalue weighted by atomic mass is 10.0. The van der Waals surface area contributed by atoms with E-state index in [0.717, 1.165) is 33.2 Å². The van der Waals surface area contributed by atoms with Crippen molar-refractivity contribution in [2.45, 2.75) is 56.2 Å². The van der Waals surface area contributed by atoms with Gasteiger partial charge in [-0.2, -0.15) is 0 Å². The highest BCUT2D eigenvalue weighted by Crippen LogP contribution is 2.40. The zero-order valence-corrected chi connectivity index (χ0v) is 17.6. The Hall–Kier alpha value is -1.65. The van der Waals surface area contributed by atoms with E-state index < -0.39 is 0 Å². The van der Waals surface area contributed by atoms with Gasteiger partial charge in [0, 0.05) is 21.9 Å². The Morgan fingerprint density at radius 3 is 2.58 bits per heavy atom. The third-order valence-electron chi connectivity index (χ3n) is 4.03. The van der Waals surface area contributed by atoms with E-state index in [1.165, 1.54) is 5.56 Å². The zero-order chi connectivity index (χ0) is 19.3. The highest BCUT2D eigenvalue weighted by atomic mass is 35.5. The van der Waals surface area contributed by atoms with Gasteiger partial charge in [0.25, 0.3) is 0 Å². The molecule has 0 saturated heterocycles. The summed E-state index contributed by atoms with van der Waals surface area (Å²) in [6.07, 6.45) is 1.33. The lowest BCUT2D eigenvalue weighted by Gasteiger charge is -2.15. The van der Waals surface area contributed by atoms with Crippen LogP contribution in [-0.2, 0) is 4.79 Å². The number of carbonyl (C=O) groups is 1. The molecule has 2 aromatic carbocycles. The first-order valence-electron chi connectivity index (χ1n) is 8.81. The molecule has 0 bridgehead atoms. The number of anilines is 1. The Bertz CT molecular complexity index is 767. The summed E-state index contributed by atoms with van der Waals surface area (Å²) in [6.45, 7) is 8.30. The van der Waals surface area contributed by atoms with Gasteiger partial charge in [0.05, 0.1) is 12.1 Å². The first-order chi connectivity index (χ1) is 12.3. The van der Waals surface area contributed by atoms with Gasteiger partial charge in [-0.25, -0.2) is 0 Å². The van der Waals surface area contributed by atoms with Gasteiger partial charge in [0.15, 0.2) is 0 Å². The molecule has 1 N–H and O–H groups in total. The number of halogens is 1. The van der Waals surface area contributed by atoms with E-state index in [4.69, 9.17) is 16.3 Å². The van der Waals surface area contributed by atoms with E-state index in [0.29, 0.717) is 17.4 Å². The van der Waals surface area contributed by atoms with Crippen molar-refractivity contribution in [2.75, 3.05) is 12.4 Å². The van der Waals surface area contributed by atoms with Gasteiger partial charge in [-0.1, -0.05) is 44.1 Å². The fraction of sp³-hybridized carbons (Fsp3) is 0.381. The molecule has 0 aliphatic carbocycles. The van der Waals surface area contributed by atoms with E-state index >= 15 is 0 Å². The van der Waals surface area contributed by atoms with Crippen LogP contribution in [0.4, 0.5) is 5.69 Å². The quantitative estimate of drug-likeness (QED) is 0.572. The van der Waals surface area contributed by atoms with Crippen molar-refractivity contribution in [3.05, 3.63) is 46.5 Å². The molecular formula is C21H26ClNO2S. The van der Waals surface area contributed by atoms with E-state index in [1.54, 1.807) is 18.9 Å². The minimum absolute atomic E-state index is 0.0140. The number of amides is 1. The lowest BCUT2D eigenvalue weighted by Crippen LogP contribution is -2.10. The van der Waals surface area contributed by atoms with Gasteiger partial charge < -0.3 is 10.1 Å². The van der Waals surface area contributed by atoms with E-state index in [9.17, 15) is 4.79 Å². The molecular weight excluding hydrogens is 366 g/mol. The molecule has 0 aliphatic rings. The monoisotopic (exact) mass is 391 g/mol. The summed E-state index contributed by atoms with van der Waals surface area (Å²) in [5, 5.41) is 3.55. The molecule has 0 heterocycles. The van der Waals surface area contributed by atoms with Crippen molar-refractivity contribution < 1.29 is 9.53 Å². The van der Waals surface area contributed by atoms with Crippen LogP contribution in [0, 0.1) is 6.92 Å². The topological polar surface area (TPSA) is 38.3 Å². The number of methoxy groups -OCH3 is 1. The maximum Gasteiger partial charge on any atom is 0.224 e. The van der Waals surface area contributed by atoms with Gasteiger partial charge >= 0.3 is 0 Å².